The molecule has 1 aliphatic rings. The second kappa shape index (κ2) is 6.58. The van der Waals surface area contributed by atoms with Crippen LogP contribution in [0, 0.1) is 9.65 Å². The lowest BCUT2D eigenvalue weighted by molar-refractivity contribution is 0.203. The third-order valence-corrected chi connectivity index (χ3v) is 4.69. The molecule has 0 amide bonds. The largest absolute Gasteiger partial charge is 0.473 e. The molecule has 2 aromatic heterocycles. The minimum absolute atomic E-state index is 0.204. The number of fused-ring (bicyclic) bond motifs is 1. The summed E-state index contributed by atoms with van der Waals surface area (Å²) in [4.78, 5) is 13.6. The standard InChI is InChI=1S/C18H15FIN3O/c19-12-7-5-11(6-8-12)14-9-10-15-16(21-14)17(23-18(20)22-15)24-13-3-1-2-4-13/h5-10,13H,1-4H2. The minimum Gasteiger partial charge on any atom is -0.473 e. The molecule has 3 aromatic rings. The van der Waals surface area contributed by atoms with Gasteiger partial charge in [-0.2, -0.15) is 4.98 Å². The van der Waals surface area contributed by atoms with E-state index in [0.29, 0.717) is 15.2 Å². The molecule has 0 atom stereocenters. The summed E-state index contributed by atoms with van der Waals surface area (Å²) >= 11 is 2.09. The van der Waals surface area contributed by atoms with Crippen LogP contribution in [0.25, 0.3) is 22.3 Å². The van der Waals surface area contributed by atoms with Gasteiger partial charge in [0.05, 0.1) is 11.2 Å². The number of pyridine rings is 1. The van der Waals surface area contributed by atoms with Crippen LogP contribution in [0.3, 0.4) is 0 Å². The number of rotatable bonds is 3. The van der Waals surface area contributed by atoms with Gasteiger partial charge >= 0.3 is 0 Å². The fourth-order valence-electron chi connectivity index (χ4n) is 2.99. The van der Waals surface area contributed by atoms with Crippen molar-refractivity contribution in [3.8, 4) is 17.1 Å². The van der Waals surface area contributed by atoms with Gasteiger partial charge in [0.15, 0.2) is 9.35 Å². The highest BCUT2D eigenvalue weighted by Gasteiger charge is 2.20. The Morgan fingerprint density at radius 1 is 0.958 bits per heavy atom. The molecule has 0 aliphatic heterocycles. The lowest BCUT2D eigenvalue weighted by Gasteiger charge is -2.14. The van der Waals surface area contributed by atoms with E-state index >= 15 is 0 Å². The topological polar surface area (TPSA) is 47.9 Å². The average Bonchev–Trinajstić information content (AvgIpc) is 3.08. The fourth-order valence-corrected chi connectivity index (χ4v) is 3.47. The van der Waals surface area contributed by atoms with Crippen LogP contribution < -0.4 is 4.74 Å². The Hall–Kier alpha value is -1.83. The summed E-state index contributed by atoms with van der Waals surface area (Å²) in [6, 6.07) is 10.1. The summed E-state index contributed by atoms with van der Waals surface area (Å²) in [7, 11) is 0. The van der Waals surface area contributed by atoms with Crippen molar-refractivity contribution in [2.75, 3.05) is 0 Å². The van der Waals surface area contributed by atoms with Gasteiger partial charge in [-0.05, 0) is 62.1 Å². The molecule has 2 heterocycles. The zero-order chi connectivity index (χ0) is 16.5. The van der Waals surface area contributed by atoms with Gasteiger partial charge in [0.2, 0.25) is 5.88 Å². The second-order valence-electron chi connectivity index (χ2n) is 5.89. The third kappa shape index (κ3) is 3.19. The van der Waals surface area contributed by atoms with Gasteiger partial charge in [-0.15, -0.1) is 0 Å². The van der Waals surface area contributed by atoms with Gasteiger partial charge in [-0.3, -0.25) is 0 Å². The number of halogens is 2. The molecule has 0 unspecified atom stereocenters. The summed E-state index contributed by atoms with van der Waals surface area (Å²) < 4.78 is 19.9. The molecule has 24 heavy (non-hydrogen) atoms. The molecule has 1 aromatic carbocycles. The number of benzene rings is 1. The number of aromatic nitrogens is 3. The first kappa shape index (κ1) is 15.7. The van der Waals surface area contributed by atoms with E-state index in [0.717, 1.165) is 29.6 Å². The SMILES string of the molecule is Fc1ccc(-c2ccc3nc(I)nc(OC4CCCC4)c3n2)cc1. The number of hydrogen-bond donors (Lipinski definition) is 0. The molecule has 6 heteroatoms. The molecule has 0 bridgehead atoms. The van der Waals surface area contributed by atoms with Crippen molar-refractivity contribution in [3.05, 3.63) is 46.0 Å². The molecular formula is C18H15FIN3O. The minimum atomic E-state index is -0.261. The van der Waals surface area contributed by atoms with Crippen LogP contribution in [-0.2, 0) is 0 Å². The molecule has 0 spiro atoms. The van der Waals surface area contributed by atoms with E-state index in [1.165, 1.54) is 25.0 Å². The molecule has 0 saturated heterocycles. The zero-order valence-corrected chi connectivity index (χ0v) is 15.0. The van der Waals surface area contributed by atoms with E-state index in [9.17, 15) is 4.39 Å². The van der Waals surface area contributed by atoms with E-state index in [2.05, 4.69) is 37.5 Å². The Balaban J connectivity index is 1.78. The molecule has 1 saturated carbocycles. The average molecular weight is 435 g/mol. The van der Waals surface area contributed by atoms with Crippen LogP contribution in [0.5, 0.6) is 5.88 Å². The highest BCUT2D eigenvalue weighted by atomic mass is 127. The van der Waals surface area contributed by atoms with E-state index < -0.39 is 0 Å². The van der Waals surface area contributed by atoms with E-state index in [-0.39, 0.29) is 11.9 Å². The Morgan fingerprint density at radius 2 is 1.71 bits per heavy atom. The molecule has 4 nitrogen and oxygen atoms in total. The van der Waals surface area contributed by atoms with Crippen molar-refractivity contribution in [2.24, 2.45) is 0 Å². The second-order valence-corrected chi connectivity index (χ2v) is 6.86. The lowest BCUT2D eigenvalue weighted by atomic mass is 10.1. The summed E-state index contributed by atoms with van der Waals surface area (Å²) in [6.07, 6.45) is 4.70. The van der Waals surface area contributed by atoms with Gasteiger partial charge in [0.25, 0.3) is 0 Å². The predicted molar refractivity (Wildman–Crippen MR) is 98.3 cm³/mol. The maximum atomic E-state index is 13.1. The first-order chi connectivity index (χ1) is 11.7. The van der Waals surface area contributed by atoms with Gasteiger partial charge in [0, 0.05) is 28.2 Å². The molecule has 122 valence electrons. The van der Waals surface area contributed by atoms with Crippen LogP contribution in [-0.4, -0.2) is 21.1 Å². The number of hydrogen-bond acceptors (Lipinski definition) is 4. The summed E-state index contributed by atoms with van der Waals surface area (Å²) in [5, 5.41) is 0. The molecule has 1 aliphatic carbocycles. The Kier molecular flexibility index (Phi) is 4.30. The number of ether oxygens (including phenoxy) is 1. The molecular weight excluding hydrogens is 420 g/mol. The summed E-state index contributed by atoms with van der Waals surface area (Å²) in [6.45, 7) is 0. The maximum Gasteiger partial charge on any atom is 0.244 e. The highest BCUT2D eigenvalue weighted by molar-refractivity contribution is 14.1. The molecule has 4 rings (SSSR count). The van der Waals surface area contributed by atoms with Crippen molar-refractivity contribution in [1.82, 2.24) is 15.0 Å². The van der Waals surface area contributed by atoms with E-state index in [1.807, 2.05) is 12.1 Å². The monoisotopic (exact) mass is 435 g/mol. The predicted octanol–water partition coefficient (Wildman–Crippen LogP) is 4.76. The van der Waals surface area contributed by atoms with Gasteiger partial charge < -0.3 is 4.74 Å². The van der Waals surface area contributed by atoms with Gasteiger partial charge in [-0.1, -0.05) is 0 Å². The van der Waals surface area contributed by atoms with Crippen LogP contribution in [0.2, 0.25) is 0 Å². The van der Waals surface area contributed by atoms with Crippen LogP contribution in [0.1, 0.15) is 25.7 Å². The Morgan fingerprint density at radius 3 is 2.46 bits per heavy atom. The fraction of sp³-hybridized carbons (Fsp3) is 0.278. The maximum absolute atomic E-state index is 13.1. The number of nitrogens with zero attached hydrogens (tertiary/aromatic N) is 3. The first-order valence-electron chi connectivity index (χ1n) is 7.96. The third-order valence-electron chi connectivity index (χ3n) is 4.20. The van der Waals surface area contributed by atoms with Crippen LogP contribution >= 0.6 is 22.6 Å². The first-order valence-corrected chi connectivity index (χ1v) is 9.04. The lowest BCUT2D eigenvalue weighted by Crippen LogP contribution is -2.13. The Bertz CT molecular complexity index is 879. The molecule has 0 N–H and O–H groups in total. The normalized spacial score (nSPS) is 15.1. The zero-order valence-electron chi connectivity index (χ0n) is 12.9. The quantitative estimate of drug-likeness (QED) is 0.440. The van der Waals surface area contributed by atoms with Crippen molar-refractivity contribution >= 4 is 33.6 Å². The van der Waals surface area contributed by atoms with Crippen molar-refractivity contribution in [1.29, 1.82) is 0 Å². The van der Waals surface area contributed by atoms with Crippen molar-refractivity contribution in [3.63, 3.8) is 0 Å². The molecule has 0 radical (unpaired) electrons. The van der Waals surface area contributed by atoms with Crippen molar-refractivity contribution in [2.45, 2.75) is 31.8 Å². The Labute approximate surface area is 152 Å². The smallest absolute Gasteiger partial charge is 0.244 e. The summed E-state index contributed by atoms with van der Waals surface area (Å²) in [5.74, 6) is 0.281. The van der Waals surface area contributed by atoms with Crippen molar-refractivity contribution < 1.29 is 9.13 Å². The summed E-state index contributed by atoms with van der Waals surface area (Å²) in [5.41, 5.74) is 3.02. The van der Waals surface area contributed by atoms with E-state index in [4.69, 9.17) is 4.74 Å². The highest BCUT2D eigenvalue weighted by Crippen LogP contribution is 2.29. The van der Waals surface area contributed by atoms with Gasteiger partial charge in [-0.25, -0.2) is 14.4 Å². The van der Waals surface area contributed by atoms with Crippen LogP contribution in [0.4, 0.5) is 4.39 Å². The molecule has 1 fully saturated rings. The van der Waals surface area contributed by atoms with Gasteiger partial charge in [0.1, 0.15) is 11.9 Å². The van der Waals surface area contributed by atoms with Crippen LogP contribution in [0.15, 0.2) is 36.4 Å². The van der Waals surface area contributed by atoms with E-state index in [1.54, 1.807) is 12.1 Å².